The van der Waals surface area contributed by atoms with Crippen molar-refractivity contribution >= 4 is 5.91 Å². The predicted molar refractivity (Wildman–Crippen MR) is 63.3 cm³/mol. The molecule has 1 aromatic rings. The Bertz CT molecular complexity index is 375. The average Bonchev–Trinajstić information content (AvgIpc) is 2.14. The number of hydrogen-bond donors (Lipinski definition) is 1. The van der Waals surface area contributed by atoms with Crippen molar-refractivity contribution in [2.24, 2.45) is 0 Å². The Morgan fingerprint density at radius 2 is 1.80 bits per heavy atom. The van der Waals surface area contributed by atoms with Gasteiger partial charge in [-0.15, -0.1) is 0 Å². The Morgan fingerprint density at radius 3 is 2.27 bits per heavy atom. The fraction of sp³-hybridized carbons (Fsp3) is 0.462. The molecular weight excluding hydrogens is 186 g/mol. The van der Waals surface area contributed by atoms with E-state index >= 15 is 0 Å². The Balaban J connectivity index is 3.23. The SMILES string of the molecule is CNC(=O)c1cc(C)cc(C(C)(C)C)c1. The van der Waals surface area contributed by atoms with Gasteiger partial charge in [0.1, 0.15) is 0 Å². The van der Waals surface area contributed by atoms with E-state index in [4.69, 9.17) is 0 Å². The summed E-state index contributed by atoms with van der Waals surface area (Å²) in [5, 5.41) is 2.65. The van der Waals surface area contributed by atoms with Crippen LogP contribution in [0.4, 0.5) is 0 Å². The van der Waals surface area contributed by atoms with Gasteiger partial charge in [0.05, 0.1) is 0 Å². The third-order valence-corrected chi connectivity index (χ3v) is 2.43. The minimum absolute atomic E-state index is 0.0239. The molecule has 0 aliphatic heterocycles. The summed E-state index contributed by atoms with van der Waals surface area (Å²) in [6.07, 6.45) is 0. The summed E-state index contributed by atoms with van der Waals surface area (Å²) in [7, 11) is 1.65. The fourth-order valence-electron chi connectivity index (χ4n) is 1.49. The molecule has 82 valence electrons. The normalized spacial score (nSPS) is 11.3. The van der Waals surface area contributed by atoms with E-state index < -0.39 is 0 Å². The first-order valence-electron chi connectivity index (χ1n) is 5.19. The molecule has 0 aliphatic rings. The highest BCUT2D eigenvalue weighted by atomic mass is 16.1. The maximum Gasteiger partial charge on any atom is 0.251 e. The van der Waals surface area contributed by atoms with E-state index in [2.05, 4.69) is 32.2 Å². The molecule has 1 amide bonds. The molecule has 0 saturated carbocycles. The van der Waals surface area contributed by atoms with Crippen molar-refractivity contribution in [3.63, 3.8) is 0 Å². The van der Waals surface area contributed by atoms with Crippen LogP contribution in [0.2, 0.25) is 0 Å². The Morgan fingerprint density at radius 1 is 1.20 bits per heavy atom. The van der Waals surface area contributed by atoms with Crippen LogP contribution in [-0.2, 0) is 5.41 Å². The van der Waals surface area contributed by atoms with Crippen LogP contribution in [0.3, 0.4) is 0 Å². The lowest BCUT2D eigenvalue weighted by Gasteiger charge is -2.20. The van der Waals surface area contributed by atoms with Gasteiger partial charge in [-0.2, -0.15) is 0 Å². The lowest BCUT2D eigenvalue weighted by Crippen LogP contribution is -2.19. The van der Waals surface area contributed by atoms with E-state index in [1.165, 1.54) is 5.56 Å². The van der Waals surface area contributed by atoms with Gasteiger partial charge < -0.3 is 5.32 Å². The zero-order chi connectivity index (χ0) is 11.6. The van der Waals surface area contributed by atoms with Crippen LogP contribution >= 0.6 is 0 Å². The van der Waals surface area contributed by atoms with Crippen LogP contribution in [0.1, 0.15) is 42.3 Å². The second-order valence-corrected chi connectivity index (χ2v) is 4.92. The number of aryl methyl sites for hydroxylation is 1. The molecule has 15 heavy (non-hydrogen) atoms. The number of carbonyl (C=O) groups is 1. The van der Waals surface area contributed by atoms with Gasteiger partial charge in [0, 0.05) is 12.6 Å². The number of amides is 1. The molecular formula is C13H19NO. The van der Waals surface area contributed by atoms with Crippen LogP contribution in [-0.4, -0.2) is 13.0 Å². The van der Waals surface area contributed by atoms with Gasteiger partial charge in [0.15, 0.2) is 0 Å². The van der Waals surface area contributed by atoms with Gasteiger partial charge >= 0.3 is 0 Å². The quantitative estimate of drug-likeness (QED) is 0.750. The lowest BCUT2D eigenvalue weighted by atomic mass is 9.85. The van der Waals surface area contributed by atoms with Gasteiger partial charge in [0.25, 0.3) is 5.91 Å². The molecule has 1 N–H and O–H groups in total. The summed E-state index contributed by atoms with van der Waals surface area (Å²) in [5.41, 5.74) is 3.14. The Labute approximate surface area is 91.7 Å². The first-order chi connectivity index (χ1) is 6.84. The number of carbonyl (C=O) groups excluding carboxylic acids is 1. The molecule has 0 spiro atoms. The second kappa shape index (κ2) is 4.05. The molecule has 2 nitrogen and oxygen atoms in total. The zero-order valence-electron chi connectivity index (χ0n) is 10.1. The fourth-order valence-corrected chi connectivity index (χ4v) is 1.49. The molecule has 0 unspecified atom stereocenters. The van der Waals surface area contributed by atoms with Gasteiger partial charge in [-0.1, -0.05) is 32.4 Å². The number of rotatable bonds is 1. The lowest BCUT2D eigenvalue weighted by molar-refractivity contribution is 0.0963. The molecule has 0 aromatic heterocycles. The van der Waals surface area contributed by atoms with E-state index in [1.54, 1.807) is 7.05 Å². The van der Waals surface area contributed by atoms with Gasteiger partial charge in [-0.25, -0.2) is 0 Å². The maximum absolute atomic E-state index is 11.5. The first kappa shape index (κ1) is 11.8. The van der Waals surface area contributed by atoms with E-state index in [0.717, 1.165) is 11.1 Å². The third kappa shape index (κ3) is 2.82. The molecule has 0 bridgehead atoms. The molecule has 0 aliphatic carbocycles. The second-order valence-electron chi connectivity index (χ2n) is 4.92. The van der Waals surface area contributed by atoms with Crippen LogP contribution in [0, 0.1) is 6.92 Å². The largest absolute Gasteiger partial charge is 0.355 e. The third-order valence-electron chi connectivity index (χ3n) is 2.43. The van der Waals surface area contributed by atoms with Gasteiger partial charge in [-0.05, 0) is 30.0 Å². The summed E-state index contributed by atoms with van der Waals surface area (Å²) in [5.74, 6) is -0.0239. The average molecular weight is 205 g/mol. The summed E-state index contributed by atoms with van der Waals surface area (Å²) in [6.45, 7) is 8.46. The van der Waals surface area contributed by atoms with E-state index in [9.17, 15) is 4.79 Å². The van der Waals surface area contributed by atoms with Crippen molar-refractivity contribution in [3.05, 3.63) is 34.9 Å². The Hall–Kier alpha value is -1.31. The summed E-state index contributed by atoms with van der Waals surface area (Å²) < 4.78 is 0. The number of benzene rings is 1. The van der Waals surface area contributed by atoms with Crippen molar-refractivity contribution in [2.75, 3.05) is 7.05 Å². The van der Waals surface area contributed by atoms with Gasteiger partial charge in [-0.3, -0.25) is 4.79 Å². The number of hydrogen-bond acceptors (Lipinski definition) is 1. The molecule has 0 heterocycles. The molecule has 1 rings (SSSR count). The Kier molecular flexibility index (Phi) is 3.18. The van der Waals surface area contributed by atoms with Crippen LogP contribution < -0.4 is 5.32 Å². The molecule has 0 saturated heterocycles. The summed E-state index contributed by atoms with van der Waals surface area (Å²) >= 11 is 0. The standard InChI is InChI=1S/C13H19NO/c1-9-6-10(12(15)14-5)8-11(7-9)13(2,3)4/h6-8H,1-5H3,(H,14,15). The van der Waals surface area contributed by atoms with E-state index in [1.807, 2.05) is 19.1 Å². The first-order valence-corrected chi connectivity index (χ1v) is 5.19. The summed E-state index contributed by atoms with van der Waals surface area (Å²) in [6, 6.07) is 6.01. The van der Waals surface area contributed by atoms with Crippen molar-refractivity contribution in [1.82, 2.24) is 5.32 Å². The summed E-state index contributed by atoms with van der Waals surface area (Å²) in [4.78, 5) is 11.5. The van der Waals surface area contributed by atoms with E-state index in [0.29, 0.717) is 0 Å². The molecule has 0 fully saturated rings. The van der Waals surface area contributed by atoms with E-state index in [-0.39, 0.29) is 11.3 Å². The molecule has 0 radical (unpaired) electrons. The monoisotopic (exact) mass is 205 g/mol. The van der Waals surface area contributed by atoms with Crippen molar-refractivity contribution in [2.45, 2.75) is 33.1 Å². The number of nitrogens with one attached hydrogen (secondary N) is 1. The van der Waals surface area contributed by atoms with Crippen molar-refractivity contribution in [1.29, 1.82) is 0 Å². The zero-order valence-corrected chi connectivity index (χ0v) is 10.1. The van der Waals surface area contributed by atoms with Crippen LogP contribution in [0.25, 0.3) is 0 Å². The maximum atomic E-state index is 11.5. The minimum Gasteiger partial charge on any atom is -0.355 e. The van der Waals surface area contributed by atoms with Crippen molar-refractivity contribution < 1.29 is 4.79 Å². The smallest absolute Gasteiger partial charge is 0.251 e. The highest BCUT2D eigenvalue weighted by Gasteiger charge is 2.16. The van der Waals surface area contributed by atoms with Gasteiger partial charge in [0.2, 0.25) is 0 Å². The van der Waals surface area contributed by atoms with Crippen molar-refractivity contribution in [3.8, 4) is 0 Å². The predicted octanol–water partition coefficient (Wildman–Crippen LogP) is 2.65. The minimum atomic E-state index is -0.0239. The highest BCUT2D eigenvalue weighted by Crippen LogP contribution is 2.24. The van der Waals surface area contributed by atoms with Crippen LogP contribution in [0.15, 0.2) is 18.2 Å². The van der Waals surface area contributed by atoms with Crippen LogP contribution in [0.5, 0.6) is 0 Å². The highest BCUT2D eigenvalue weighted by molar-refractivity contribution is 5.94. The molecule has 0 atom stereocenters. The molecule has 1 aromatic carbocycles. The topological polar surface area (TPSA) is 29.1 Å². The molecule has 2 heteroatoms.